The summed E-state index contributed by atoms with van der Waals surface area (Å²) in [5.74, 6) is 2.27. The molecule has 1 aliphatic heterocycles. The fourth-order valence-corrected chi connectivity index (χ4v) is 5.31. The fraction of sp³-hybridized carbons (Fsp3) is 0.320. The lowest BCUT2D eigenvalue weighted by atomic mass is 9.95. The van der Waals surface area contributed by atoms with Crippen LogP contribution < -0.4 is 0 Å². The number of carbonyl (C=O) groups is 1. The summed E-state index contributed by atoms with van der Waals surface area (Å²) in [6.07, 6.45) is 4.77. The van der Waals surface area contributed by atoms with Crippen LogP contribution in [0.1, 0.15) is 24.3 Å². The molecule has 0 spiro atoms. The molecule has 1 amide bonds. The van der Waals surface area contributed by atoms with Gasteiger partial charge < -0.3 is 14.4 Å². The van der Waals surface area contributed by atoms with Crippen LogP contribution in [0.25, 0.3) is 22.3 Å². The number of carbonyl (C=O) groups excluding carboxylic acids is 1. The number of nitrogens with one attached hydrogen (secondary N) is 1. The smallest absolute Gasteiger partial charge is 0.232 e. The molecule has 1 atom stereocenters. The van der Waals surface area contributed by atoms with E-state index in [-0.39, 0.29) is 5.91 Å². The Morgan fingerprint density at radius 1 is 1.22 bits per heavy atom. The lowest BCUT2D eigenvalue weighted by Gasteiger charge is -2.32. The minimum Gasteiger partial charge on any atom is -0.360 e. The number of hydrogen-bond acceptors (Lipinski definition) is 5. The average Bonchev–Trinajstić information content (AvgIpc) is 3.45. The summed E-state index contributed by atoms with van der Waals surface area (Å²) in [4.78, 5) is 23.9. The first-order valence-corrected chi connectivity index (χ1v) is 12.0. The molecular weight excluding hydrogens is 420 g/mol. The van der Waals surface area contributed by atoms with E-state index in [1.54, 1.807) is 11.8 Å². The van der Waals surface area contributed by atoms with Crippen molar-refractivity contribution in [2.45, 2.75) is 31.1 Å². The number of fused-ring (bicyclic) bond motifs is 1. The van der Waals surface area contributed by atoms with Crippen molar-refractivity contribution in [3.63, 3.8) is 0 Å². The highest BCUT2D eigenvalue weighted by molar-refractivity contribution is 8.00. The van der Waals surface area contributed by atoms with E-state index in [0.717, 1.165) is 47.5 Å². The molecule has 6 nitrogen and oxygen atoms in total. The predicted octanol–water partition coefficient (Wildman–Crippen LogP) is 5.10. The van der Waals surface area contributed by atoms with Gasteiger partial charge in [-0.15, -0.1) is 11.8 Å². The van der Waals surface area contributed by atoms with Crippen LogP contribution in [-0.4, -0.2) is 44.8 Å². The number of thioether (sulfide) groups is 1. The van der Waals surface area contributed by atoms with Crippen molar-refractivity contribution in [3.8, 4) is 11.4 Å². The second kappa shape index (κ2) is 9.20. The number of nitrogens with zero attached hydrogens (tertiary/aromatic N) is 3. The predicted molar refractivity (Wildman–Crippen MR) is 127 cm³/mol. The Hall–Kier alpha value is -3.06. The van der Waals surface area contributed by atoms with Gasteiger partial charge in [-0.2, -0.15) is 4.98 Å². The number of rotatable bonds is 6. The molecule has 0 radical (unpaired) electrons. The molecule has 0 saturated carbocycles. The zero-order valence-electron chi connectivity index (χ0n) is 18.1. The van der Waals surface area contributed by atoms with Crippen LogP contribution in [0.2, 0.25) is 0 Å². The zero-order valence-corrected chi connectivity index (χ0v) is 18.9. The molecule has 0 aliphatic carbocycles. The lowest BCUT2D eigenvalue weighted by molar-refractivity contribution is -0.130. The van der Waals surface area contributed by atoms with E-state index in [2.05, 4.69) is 27.3 Å². The monoisotopic (exact) mass is 446 g/mol. The Morgan fingerprint density at radius 3 is 2.97 bits per heavy atom. The van der Waals surface area contributed by atoms with Gasteiger partial charge in [0.2, 0.25) is 17.6 Å². The molecule has 0 unspecified atom stereocenters. The summed E-state index contributed by atoms with van der Waals surface area (Å²) < 4.78 is 5.54. The van der Waals surface area contributed by atoms with E-state index < -0.39 is 0 Å². The number of piperidine rings is 1. The van der Waals surface area contributed by atoms with Gasteiger partial charge in [-0.25, -0.2) is 0 Å². The molecule has 2 aromatic heterocycles. The van der Waals surface area contributed by atoms with Crippen LogP contribution in [0.15, 0.2) is 64.1 Å². The largest absolute Gasteiger partial charge is 0.360 e. The van der Waals surface area contributed by atoms with Gasteiger partial charge in [0.05, 0.1) is 5.75 Å². The Balaban J connectivity index is 1.18. The highest BCUT2D eigenvalue weighted by atomic mass is 32.2. The number of aryl methyl sites for hydroxylation is 1. The van der Waals surface area contributed by atoms with Crippen molar-refractivity contribution in [2.24, 2.45) is 5.92 Å². The molecule has 1 aliphatic rings. The molecule has 164 valence electrons. The summed E-state index contributed by atoms with van der Waals surface area (Å²) in [7, 11) is 0. The minimum atomic E-state index is 0.191. The van der Waals surface area contributed by atoms with Gasteiger partial charge in [-0.05, 0) is 37.3 Å². The standard InChI is InChI=1S/C25H26N4O2S/c1-17-7-2-3-9-19(17)25-27-23(31-28-25)13-18-8-6-12-29(15-18)24(30)16-32-22-14-26-21-11-5-4-10-20(21)22/h2-5,7,9-11,14,18,26H,6,8,12-13,15-16H2,1H3/t18-/m1/s1. The SMILES string of the molecule is Cc1ccccc1-c1noc(C[C@H]2CCCN(C(=O)CSc3c[nH]c4ccccc34)C2)n1. The van der Waals surface area contributed by atoms with Gasteiger partial charge in [-0.3, -0.25) is 4.79 Å². The molecule has 2 aromatic carbocycles. The van der Waals surface area contributed by atoms with Crippen LogP contribution in [0.4, 0.5) is 0 Å². The first-order valence-electron chi connectivity index (χ1n) is 11.0. The Morgan fingerprint density at radius 2 is 2.06 bits per heavy atom. The number of aromatic nitrogens is 3. The van der Waals surface area contributed by atoms with E-state index in [1.807, 2.05) is 54.4 Å². The van der Waals surface area contributed by atoms with Gasteiger partial charge in [0.25, 0.3) is 0 Å². The molecule has 0 bridgehead atoms. The third kappa shape index (κ3) is 4.43. The van der Waals surface area contributed by atoms with E-state index in [1.165, 1.54) is 5.39 Å². The zero-order chi connectivity index (χ0) is 21.9. The molecule has 1 fully saturated rings. The summed E-state index contributed by atoms with van der Waals surface area (Å²) in [6, 6.07) is 16.2. The van der Waals surface area contributed by atoms with Gasteiger partial charge in [-0.1, -0.05) is 47.6 Å². The molecule has 1 saturated heterocycles. The summed E-state index contributed by atoms with van der Waals surface area (Å²) >= 11 is 1.60. The van der Waals surface area contributed by atoms with Crippen molar-refractivity contribution in [2.75, 3.05) is 18.8 Å². The van der Waals surface area contributed by atoms with Gasteiger partial charge in [0.1, 0.15) is 0 Å². The second-order valence-corrected chi connectivity index (χ2v) is 9.38. The molecule has 5 rings (SSSR count). The van der Waals surface area contributed by atoms with Gasteiger partial charge >= 0.3 is 0 Å². The third-order valence-corrected chi connectivity index (χ3v) is 7.13. The average molecular weight is 447 g/mol. The van der Waals surface area contributed by atoms with Crippen molar-refractivity contribution < 1.29 is 9.32 Å². The molecule has 4 aromatic rings. The van der Waals surface area contributed by atoms with Crippen molar-refractivity contribution >= 4 is 28.6 Å². The van der Waals surface area contributed by atoms with Crippen LogP contribution in [0.5, 0.6) is 0 Å². The highest BCUT2D eigenvalue weighted by Crippen LogP contribution is 2.29. The molecule has 3 heterocycles. The van der Waals surface area contributed by atoms with Crippen molar-refractivity contribution in [1.82, 2.24) is 20.0 Å². The first-order chi connectivity index (χ1) is 15.7. The number of benzene rings is 2. The Kier molecular flexibility index (Phi) is 5.99. The van der Waals surface area contributed by atoms with E-state index in [4.69, 9.17) is 4.52 Å². The van der Waals surface area contributed by atoms with Crippen LogP contribution >= 0.6 is 11.8 Å². The van der Waals surface area contributed by atoms with E-state index >= 15 is 0 Å². The van der Waals surface area contributed by atoms with Crippen molar-refractivity contribution in [1.29, 1.82) is 0 Å². The lowest BCUT2D eigenvalue weighted by Crippen LogP contribution is -2.41. The maximum Gasteiger partial charge on any atom is 0.232 e. The van der Waals surface area contributed by atoms with Crippen LogP contribution in [-0.2, 0) is 11.2 Å². The number of amides is 1. The molecule has 7 heteroatoms. The Labute approximate surface area is 191 Å². The number of aromatic amines is 1. The van der Waals surface area contributed by atoms with Crippen LogP contribution in [0.3, 0.4) is 0 Å². The maximum atomic E-state index is 12.9. The summed E-state index contributed by atoms with van der Waals surface area (Å²) in [5, 5.41) is 5.35. The minimum absolute atomic E-state index is 0.191. The maximum absolute atomic E-state index is 12.9. The van der Waals surface area contributed by atoms with E-state index in [9.17, 15) is 4.79 Å². The first kappa shape index (κ1) is 20.8. The van der Waals surface area contributed by atoms with Crippen molar-refractivity contribution in [3.05, 3.63) is 66.2 Å². The molecule has 32 heavy (non-hydrogen) atoms. The highest BCUT2D eigenvalue weighted by Gasteiger charge is 2.26. The molecule has 1 N–H and O–H groups in total. The third-order valence-electron chi connectivity index (χ3n) is 6.09. The second-order valence-electron chi connectivity index (χ2n) is 8.37. The quantitative estimate of drug-likeness (QED) is 0.417. The summed E-state index contributed by atoms with van der Waals surface area (Å²) in [5.41, 5.74) is 3.23. The molecular formula is C25H26N4O2S. The summed E-state index contributed by atoms with van der Waals surface area (Å²) in [6.45, 7) is 3.61. The topological polar surface area (TPSA) is 75.0 Å². The number of para-hydroxylation sites is 1. The van der Waals surface area contributed by atoms with Gasteiger partial charge in [0, 0.05) is 47.1 Å². The Bertz CT molecular complexity index is 1230. The van der Waals surface area contributed by atoms with Crippen LogP contribution in [0, 0.1) is 12.8 Å². The number of likely N-dealkylation sites (tertiary alicyclic amines) is 1. The fourth-order valence-electron chi connectivity index (χ4n) is 4.37. The van der Waals surface area contributed by atoms with E-state index in [0.29, 0.717) is 29.8 Å². The number of H-pyrrole nitrogens is 1. The normalized spacial score (nSPS) is 16.5. The van der Waals surface area contributed by atoms with Gasteiger partial charge in [0.15, 0.2) is 0 Å². The number of hydrogen-bond donors (Lipinski definition) is 1.